The average molecular weight is 284 g/mol. The van der Waals surface area contributed by atoms with Gasteiger partial charge in [0.1, 0.15) is 5.82 Å². The highest BCUT2D eigenvalue weighted by Crippen LogP contribution is 2.33. The van der Waals surface area contributed by atoms with E-state index in [0.29, 0.717) is 0 Å². The van der Waals surface area contributed by atoms with E-state index in [1.807, 2.05) is 18.3 Å². The molecule has 1 aliphatic carbocycles. The summed E-state index contributed by atoms with van der Waals surface area (Å²) < 4.78 is 0. The molecule has 0 spiro atoms. The molecule has 0 radical (unpaired) electrons. The van der Waals surface area contributed by atoms with Crippen molar-refractivity contribution in [2.24, 2.45) is 0 Å². The van der Waals surface area contributed by atoms with E-state index >= 15 is 0 Å². The standard InChI is InChI=1S/C18H12N4/c1-2-6-11(5-1)18-21-16-12-7-3-9-19-14(12)15-13(17(16)22-18)8-4-10-20-15/h1-5,7-10H,6H2,(H,21,22). The second-order valence-electron chi connectivity index (χ2n) is 5.43. The lowest BCUT2D eigenvalue weighted by Gasteiger charge is -2.03. The van der Waals surface area contributed by atoms with E-state index < -0.39 is 0 Å². The molecule has 1 aromatic carbocycles. The molecule has 3 heterocycles. The first-order chi connectivity index (χ1) is 10.9. The molecule has 4 nitrogen and oxygen atoms in total. The zero-order valence-electron chi connectivity index (χ0n) is 11.7. The second-order valence-corrected chi connectivity index (χ2v) is 5.43. The molecule has 0 bridgehead atoms. The number of hydrogen-bond donors (Lipinski definition) is 1. The predicted octanol–water partition coefficient (Wildman–Crippen LogP) is 4.00. The fraction of sp³-hybridized carbons (Fsp3) is 0.0556. The Kier molecular flexibility index (Phi) is 2.24. The lowest BCUT2D eigenvalue weighted by molar-refractivity contribution is 1.23. The Bertz CT molecular complexity index is 1030. The molecule has 1 aliphatic rings. The van der Waals surface area contributed by atoms with Gasteiger partial charge < -0.3 is 4.98 Å². The van der Waals surface area contributed by atoms with Crippen LogP contribution in [0.2, 0.25) is 0 Å². The predicted molar refractivity (Wildman–Crippen MR) is 88.4 cm³/mol. The molecule has 1 N–H and O–H groups in total. The van der Waals surface area contributed by atoms with Gasteiger partial charge in [-0.25, -0.2) is 4.98 Å². The molecule has 4 aromatic rings. The van der Waals surface area contributed by atoms with Crippen LogP contribution >= 0.6 is 0 Å². The van der Waals surface area contributed by atoms with Crippen LogP contribution in [0.3, 0.4) is 0 Å². The van der Waals surface area contributed by atoms with Crippen molar-refractivity contribution in [1.82, 2.24) is 19.9 Å². The number of imidazole rings is 1. The Labute approximate surface area is 126 Å². The van der Waals surface area contributed by atoms with Gasteiger partial charge in [0, 0.05) is 23.2 Å². The molecule has 0 amide bonds. The quantitative estimate of drug-likeness (QED) is 0.537. The number of hydrogen-bond acceptors (Lipinski definition) is 3. The number of fused-ring (bicyclic) bond motifs is 6. The Morgan fingerprint density at radius 3 is 2.45 bits per heavy atom. The van der Waals surface area contributed by atoms with Gasteiger partial charge in [-0.2, -0.15) is 0 Å². The third-order valence-electron chi connectivity index (χ3n) is 4.14. The number of rotatable bonds is 1. The van der Waals surface area contributed by atoms with Crippen LogP contribution in [0, 0.1) is 0 Å². The number of aromatic nitrogens is 4. The van der Waals surface area contributed by atoms with Gasteiger partial charge in [0.05, 0.1) is 22.1 Å². The number of benzene rings is 1. The molecule has 5 rings (SSSR count). The molecule has 0 saturated carbocycles. The summed E-state index contributed by atoms with van der Waals surface area (Å²) in [7, 11) is 0. The fourth-order valence-electron chi connectivity index (χ4n) is 3.12. The molecular formula is C18H12N4. The number of nitrogens with one attached hydrogen (secondary N) is 1. The molecule has 3 aromatic heterocycles. The maximum Gasteiger partial charge on any atom is 0.134 e. The average Bonchev–Trinajstić information content (AvgIpc) is 3.24. The summed E-state index contributed by atoms with van der Waals surface area (Å²) in [6.45, 7) is 0. The van der Waals surface area contributed by atoms with E-state index in [9.17, 15) is 0 Å². The highest BCUT2D eigenvalue weighted by atomic mass is 14.9. The Hall–Kier alpha value is -3.01. The van der Waals surface area contributed by atoms with Gasteiger partial charge in [0.25, 0.3) is 0 Å². The van der Waals surface area contributed by atoms with Crippen molar-refractivity contribution in [2.75, 3.05) is 0 Å². The van der Waals surface area contributed by atoms with Crippen molar-refractivity contribution in [3.8, 4) is 0 Å². The summed E-state index contributed by atoms with van der Waals surface area (Å²) in [4.78, 5) is 17.4. The summed E-state index contributed by atoms with van der Waals surface area (Å²) in [5.74, 6) is 0.932. The summed E-state index contributed by atoms with van der Waals surface area (Å²) in [5, 5.41) is 2.10. The SMILES string of the molecule is C1=CCC(c2nc3c4cccnc4c4ncccc4c3[nH]2)=C1. The zero-order valence-corrected chi connectivity index (χ0v) is 11.7. The Morgan fingerprint density at radius 2 is 1.68 bits per heavy atom. The van der Waals surface area contributed by atoms with E-state index in [0.717, 1.165) is 45.1 Å². The smallest absolute Gasteiger partial charge is 0.134 e. The van der Waals surface area contributed by atoms with Gasteiger partial charge in [-0.15, -0.1) is 0 Å². The Morgan fingerprint density at radius 1 is 0.909 bits per heavy atom. The van der Waals surface area contributed by atoms with Crippen molar-refractivity contribution in [3.63, 3.8) is 0 Å². The maximum atomic E-state index is 4.84. The van der Waals surface area contributed by atoms with Crippen LogP contribution in [0.25, 0.3) is 38.4 Å². The lowest BCUT2D eigenvalue weighted by Crippen LogP contribution is -1.86. The molecule has 0 aliphatic heterocycles. The fourth-order valence-corrected chi connectivity index (χ4v) is 3.12. The minimum atomic E-state index is 0.905. The molecule has 22 heavy (non-hydrogen) atoms. The number of pyridine rings is 2. The van der Waals surface area contributed by atoms with Gasteiger partial charge in [0.15, 0.2) is 0 Å². The first-order valence-electron chi connectivity index (χ1n) is 7.29. The minimum Gasteiger partial charge on any atom is -0.338 e. The molecule has 0 unspecified atom stereocenters. The summed E-state index contributed by atoms with van der Waals surface area (Å²) in [6, 6.07) is 8.03. The number of aromatic amines is 1. The minimum absolute atomic E-state index is 0.905. The van der Waals surface area contributed by atoms with Crippen LogP contribution in [0.5, 0.6) is 0 Å². The number of nitrogens with zero attached hydrogens (tertiary/aromatic N) is 3. The van der Waals surface area contributed by atoms with Crippen LogP contribution in [0.1, 0.15) is 12.2 Å². The van der Waals surface area contributed by atoms with Crippen molar-refractivity contribution in [2.45, 2.75) is 6.42 Å². The molecule has 0 saturated heterocycles. The molecular weight excluding hydrogens is 272 g/mol. The topological polar surface area (TPSA) is 54.5 Å². The third-order valence-corrected chi connectivity index (χ3v) is 4.14. The Balaban J connectivity index is 1.98. The van der Waals surface area contributed by atoms with Crippen LogP contribution in [-0.2, 0) is 0 Å². The molecule has 0 fully saturated rings. The van der Waals surface area contributed by atoms with E-state index in [-0.39, 0.29) is 0 Å². The monoisotopic (exact) mass is 284 g/mol. The highest BCUT2D eigenvalue weighted by Gasteiger charge is 2.15. The highest BCUT2D eigenvalue weighted by molar-refractivity contribution is 6.20. The second kappa shape index (κ2) is 4.24. The molecule has 104 valence electrons. The summed E-state index contributed by atoms with van der Waals surface area (Å²) in [5.41, 5.74) is 5.03. The number of H-pyrrole nitrogens is 1. The van der Waals surface area contributed by atoms with Crippen molar-refractivity contribution in [1.29, 1.82) is 0 Å². The van der Waals surface area contributed by atoms with Gasteiger partial charge in [-0.1, -0.05) is 18.2 Å². The third kappa shape index (κ3) is 1.49. The van der Waals surface area contributed by atoms with Crippen molar-refractivity contribution in [3.05, 3.63) is 60.7 Å². The normalized spacial score (nSPS) is 14.3. The van der Waals surface area contributed by atoms with E-state index in [1.165, 1.54) is 5.57 Å². The largest absolute Gasteiger partial charge is 0.338 e. The first kappa shape index (κ1) is 11.6. The van der Waals surface area contributed by atoms with Gasteiger partial charge in [-0.05, 0) is 36.3 Å². The van der Waals surface area contributed by atoms with Crippen molar-refractivity contribution >= 4 is 38.4 Å². The summed E-state index contributed by atoms with van der Waals surface area (Å²) >= 11 is 0. The van der Waals surface area contributed by atoms with E-state index in [1.54, 1.807) is 6.20 Å². The van der Waals surface area contributed by atoms with Crippen LogP contribution in [0.4, 0.5) is 0 Å². The molecule has 4 heteroatoms. The zero-order chi connectivity index (χ0) is 14.5. The van der Waals surface area contributed by atoms with Gasteiger partial charge in [0.2, 0.25) is 0 Å². The lowest BCUT2D eigenvalue weighted by atomic mass is 10.1. The van der Waals surface area contributed by atoms with E-state index in [4.69, 9.17) is 4.98 Å². The first-order valence-corrected chi connectivity index (χ1v) is 7.29. The van der Waals surface area contributed by atoms with E-state index in [2.05, 4.69) is 45.3 Å². The van der Waals surface area contributed by atoms with Gasteiger partial charge in [-0.3, -0.25) is 9.97 Å². The van der Waals surface area contributed by atoms with Crippen molar-refractivity contribution < 1.29 is 0 Å². The summed E-state index contributed by atoms with van der Waals surface area (Å²) in [6.07, 6.45) is 10.9. The maximum absolute atomic E-state index is 4.84. The van der Waals surface area contributed by atoms with Crippen LogP contribution < -0.4 is 0 Å². The van der Waals surface area contributed by atoms with Crippen LogP contribution in [0.15, 0.2) is 54.9 Å². The van der Waals surface area contributed by atoms with Gasteiger partial charge >= 0.3 is 0 Å². The number of allylic oxidation sites excluding steroid dienone is 4. The van der Waals surface area contributed by atoms with Crippen LogP contribution in [-0.4, -0.2) is 19.9 Å². The molecule has 0 atom stereocenters.